The predicted molar refractivity (Wildman–Crippen MR) is 237 cm³/mol. The van der Waals surface area contributed by atoms with Crippen LogP contribution in [0.3, 0.4) is 0 Å². The Hall–Kier alpha value is -4.88. The van der Waals surface area contributed by atoms with Crippen LogP contribution >= 0.6 is 31.9 Å². The molecule has 0 spiro atoms. The predicted octanol–water partition coefficient (Wildman–Crippen LogP) is 3.84. The van der Waals surface area contributed by atoms with Gasteiger partial charge in [0.2, 0.25) is 17.3 Å². The van der Waals surface area contributed by atoms with E-state index in [0.717, 1.165) is 15.2 Å². The number of hydrogen-bond acceptors (Lipinski definition) is 21. The van der Waals surface area contributed by atoms with E-state index in [2.05, 4.69) is 72.0 Å². The van der Waals surface area contributed by atoms with Crippen LogP contribution in [0.15, 0.2) is 73.2 Å². The van der Waals surface area contributed by atoms with Gasteiger partial charge in [-0.25, -0.2) is 32.1 Å². The molecule has 0 aliphatic carbocycles. The second kappa shape index (κ2) is 26.9. The number of aliphatic hydroxyl groups is 2. The minimum absolute atomic E-state index is 0. The van der Waals surface area contributed by atoms with Crippen molar-refractivity contribution in [2.75, 3.05) is 13.2 Å². The van der Waals surface area contributed by atoms with Gasteiger partial charge in [0.15, 0.2) is 5.16 Å². The van der Waals surface area contributed by atoms with E-state index >= 15 is 0 Å². The summed E-state index contributed by atoms with van der Waals surface area (Å²) in [5.41, 5.74) is -1.41. The maximum Gasteiger partial charge on any atom is 1.00 e. The third-order valence-electron chi connectivity index (χ3n) is 7.20. The second-order valence-corrected chi connectivity index (χ2v) is 18.4. The molecule has 0 bridgehead atoms. The number of nitro groups is 1. The third kappa shape index (κ3) is 20.2. The average molecular weight is 1130 g/mol. The molecule has 29 heteroatoms. The molecule has 2 aromatic carbocycles. The number of aromatic nitrogens is 8. The molecule has 0 fully saturated rings. The average Bonchev–Trinajstić information content (AvgIpc) is 4.03. The first-order valence-electron chi connectivity index (χ1n) is 19.9. The smallest absolute Gasteiger partial charge is 0.474 e. The minimum atomic E-state index is -0.939. The van der Waals surface area contributed by atoms with E-state index in [1.165, 1.54) is 30.3 Å². The zero-order valence-electron chi connectivity index (χ0n) is 38.9. The van der Waals surface area contributed by atoms with E-state index in [1.54, 1.807) is 41.5 Å². The van der Waals surface area contributed by atoms with Gasteiger partial charge in [0.05, 0.1) is 32.5 Å². The number of aliphatic hydroxyl groups excluding tert-OH is 1. The monoisotopic (exact) mass is 1130 g/mol. The minimum Gasteiger partial charge on any atom is -0.474 e. The molecule has 0 aliphatic rings. The van der Waals surface area contributed by atoms with Gasteiger partial charge >= 0.3 is 80.7 Å². The van der Waals surface area contributed by atoms with Crippen LogP contribution in [0.5, 0.6) is 5.88 Å². The van der Waals surface area contributed by atoms with E-state index in [0.29, 0.717) is 19.3 Å². The van der Waals surface area contributed by atoms with E-state index in [-0.39, 0.29) is 127 Å². The summed E-state index contributed by atoms with van der Waals surface area (Å²) in [6.07, 6.45) is 1.29. The van der Waals surface area contributed by atoms with Crippen molar-refractivity contribution in [1.82, 2.24) is 40.1 Å². The summed E-state index contributed by atoms with van der Waals surface area (Å²) in [5, 5.41) is 48.7. The van der Waals surface area contributed by atoms with Gasteiger partial charge in [0, 0.05) is 19.4 Å². The molecule has 0 saturated heterocycles. The molecule has 69 heavy (non-hydrogen) atoms. The van der Waals surface area contributed by atoms with Gasteiger partial charge < -0.3 is 34.5 Å². The van der Waals surface area contributed by atoms with Gasteiger partial charge in [0.25, 0.3) is 11.6 Å². The van der Waals surface area contributed by atoms with Gasteiger partial charge in [-0.2, -0.15) is 0 Å². The van der Waals surface area contributed by atoms with Crippen LogP contribution in [0, 0.1) is 21.7 Å². The number of halogens is 4. The van der Waals surface area contributed by atoms with Crippen molar-refractivity contribution in [2.24, 2.45) is 0 Å². The summed E-state index contributed by atoms with van der Waals surface area (Å²) in [6, 6.07) is 7.57. The number of carbonyl (C=O) groups is 2. The van der Waals surface area contributed by atoms with Gasteiger partial charge in [-0.05, 0) is 164 Å². The van der Waals surface area contributed by atoms with Crippen molar-refractivity contribution in [3.8, 4) is 40.3 Å². The first-order chi connectivity index (χ1) is 31.6. The summed E-state index contributed by atoms with van der Waals surface area (Å²) >= 11 is 6.04. The molecule has 0 unspecified atom stereocenters. The van der Waals surface area contributed by atoms with E-state index < -0.39 is 56.4 Å². The molecule has 6 aromatic rings. The Morgan fingerprint density at radius 2 is 1.14 bits per heavy atom. The topological polar surface area (TPSA) is 319 Å². The largest absolute Gasteiger partial charge is 1.00 e. The van der Waals surface area contributed by atoms with Gasteiger partial charge in [0.1, 0.15) is 22.8 Å². The zero-order valence-corrected chi connectivity index (χ0v) is 45.2. The normalized spacial score (nSPS) is 11.1. The quantitative estimate of drug-likeness (QED) is 0.0545. The number of benzene rings is 2. The van der Waals surface area contributed by atoms with Crippen molar-refractivity contribution < 1.29 is 117 Å². The van der Waals surface area contributed by atoms with Gasteiger partial charge in [-0.1, -0.05) is 10.3 Å². The fraction of sp³-hybridized carbons (Fsp3) is 0.450. The Morgan fingerprint density at radius 3 is 1.57 bits per heavy atom. The van der Waals surface area contributed by atoms with Crippen molar-refractivity contribution in [2.45, 2.75) is 105 Å². The van der Waals surface area contributed by atoms with Crippen LogP contribution in [0.2, 0.25) is 0 Å². The van der Waals surface area contributed by atoms with Crippen molar-refractivity contribution in [1.29, 1.82) is 0 Å². The Balaban J connectivity index is 0.000000365. The molecule has 370 valence electrons. The Morgan fingerprint density at radius 1 is 0.725 bits per heavy atom. The van der Waals surface area contributed by atoms with Crippen molar-refractivity contribution in [3.05, 3.63) is 88.2 Å². The molecule has 2 N–H and O–H groups in total. The molecule has 0 amide bonds. The van der Waals surface area contributed by atoms with Crippen LogP contribution in [0.1, 0.15) is 88.0 Å². The Labute approximate surface area is 449 Å². The Kier molecular flexibility index (Phi) is 23.5. The second-order valence-electron chi connectivity index (χ2n) is 16.6. The fourth-order valence-electron chi connectivity index (χ4n) is 4.75. The molecular weight excluding hydrogens is 1080 g/mol. The van der Waals surface area contributed by atoms with Crippen LogP contribution in [0.25, 0.3) is 34.4 Å². The zero-order chi connectivity index (χ0) is 51.1. The van der Waals surface area contributed by atoms with Gasteiger partial charge in [-0.15, -0.1) is 4.63 Å². The van der Waals surface area contributed by atoms with Crippen molar-refractivity contribution >= 4 is 49.6 Å². The van der Waals surface area contributed by atoms with E-state index in [4.69, 9.17) is 33.6 Å². The number of ether oxygens (including phenoxy) is 3. The SMILES string of the molecule is CC(C)(C)O.CC(C)(C)OC(=O)CCCO.CC(C)(C)OC(=O)CCCOc1nonc1-c1noc(=O)n1-c1ccc(F)c(Br)c1.O=c1onc(-c2nonc2[N+](=O)[O-])n1-c1ccc(F)c(Br)c1.[K+]. The number of hydrogen-bond donors (Lipinski definition) is 2. The molecule has 0 radical (unpaired) electrons. The standard InChI is InChI=1S/C18H18BrFN4O6.C10H3BrFN5O5.C8H16O3.C4H10O.K/c1-18(2,3)28-13(25)5-4-8-27-16-14(21-30-23-16)15-22-29-17(26)24(15)10-6-7-12(20)11(19)9-10;11-5-3-4(1-2-6(5)12)16-8(14-21-10(16)18)7-9(17(19)20)15-22-13-7;1-8(2,3)11-7(10)5-4-6-9;1-4(2,3)5;/h6-7,9H,4-5,8H2,1-3H3;1-3H;9H,4-6H2,1-3H3;5H,1-3H3;/q;;;;+1. The molecule has 4 aromatic heterocycles. The van der Waals surface area contributed by atoms with Crippen molar-refractivity contribution in [3.63, 3.8) is 0 Å². The van der Waals surface area contributed by atoms with Crippen LogP contribution in [-0.2, 0) is 19.1 Å². The molecule has 0 atom stereocenters. The number of rotatable bonds is 13. The maximum absolute atomic E-state index is 13.5. The number of nitrogens with zero attached hydrogens (tertiary/aromatic N) is 9. The molecule has 6 rings (SSSR count). The summed E-state index contributed by atoms with van der Waals surface area (Å²) < 4.78 is 62.9. The van der Waals surface area contributed by atoms with Crippen LogP contribution in [0.4, 0.5) is 14.6 Å². The Bertz CT molecular complexity index is 2750. The first kappa shape index (κ1) is 60.2. The van der Waals surface area contributed by atoms with Gasteiger partial charge in [-0.3, -0.25) is 18.6 Å². The molecule has 0 aliphatic heterocycles. The van der Waals surface area contributed by atoms with E-state index in [9.17, 15) is 38.1 Å². The molecular formula is C40H47Br2F2KN9O15+. The molecule has 4 heterocycles. The third-order valence-corrected chi connectivity index (χ3v) is 8.42. The first-order valence-corrected chi connectivity index (χ1v) is 21.5. The van der Waals surface area contributed by atoms with Crippen LogP contribution in [-0.4, -0.2) is 97.2 Å². The maximum atomic E-state index is 13.5. The molecule has 0 saturated carbocycles. The summed E-state index contributed by atoms with van der Waals surface area (Å²) in [4.78, 5) is 56.6. The van der Waals surface area contributed by atoms with E-state index in [1.807, 2.05) is 20.8 Å². The van der Waals surface area contributed by atoms with Crippen LogP contribution < -0.4 is 67.6 Å². The fourth-order valence-corrected chi connectivity index (χ4v) is 5.49. The summed E-state index contributed by atoms with van der Waals surface area (Å²) in [6.45, 7) is 16.2. The number of esters is 2. The summed E-state index contributed by atoms with van der Waals surface area (Å²) in [7, 11) is 0. The number of carbonyl (C=O) groups excluding carboxylic acids is 2. The molecule has 24 nitrogen and oxygen atoms in total. The summed E-state index contributed by atoms with van der Waals surface area (Å²) in [5.74, 6) is -4.51.